The molecule has 0 saturated carbocycles. The molecule has 0 aromatic carbocycles. The summed E-state index contributed by atoms with van der Waals surface area (Å²) in [7, 11) is 0. The van der Waals surface area contributed by atoms with Crippen LogP contribution in [-0.4, -0.2) is 17.4 Å². The third kappa shape index (κ3) is 5.19. The summed E-state index contributed by atoms with van der Waals surface area (Å²) in [5, 5.41) is 2.87. The average Bonchev–Trinajstić information content (AvgIpc) is 2.36. The van der Waals surface area contributed by atoms with Crippen molar-refractivity contribution in [3.8, 4) is 0 Å². The predicted molar refractivity (Wildman–Crippen MR) is 82.1 cm³/mol. The van der Waals surface area contributed by atoms with Crippen molar-refractivity contribution in [2.75, 3.05) is 6.54 Å². The van der Waals surface area contributed by atoms with Crippen LogP contribution < -0.4 is 10.7 Å². The van der Waals surface area contributed by atoms with Crippen LogP contribution in [0.1, 0.15) is 62.5 Å². The SMILES string of the molecule is CCCCCC(C)(C)CNC(=O)c1c[nH]c(C)cc1=O. The monoisotopic (exact) mass is 278 g/mol. The molecular weight excluding hydrogens is 252 g/mol. The number of amides is 1. The molecule has 4 heteroatoms. The minimum atomic E-state index is -0.296. The summed E-state index contributed by atoms with van der Waals surface area (Å²) in [4.78, 5) is 26.7. The molecule has 0 unspecified atom stereocenters. The van der Waals surface area contributed by atoms with E-state index in [0.29, 0.717) is 6.54 Å². The third-order valence-electron chi connectivity index (χ3n) is 3.49. The van der Waals surface area contributed by atoms with Crippen molar-refractivity contribution < 1.29 is 4.79 Å². The first kappa shape index (κ1) is 16.5. The molecule has 0 radical (unpaired) electrons. The number of rotatable bonds is 7. The van der Waals surface area contributed by atoms with Crippen LogP contribution in [-0.2, 0) is 0 Å². The van der Waals surface area contributed by atoms with E-state index in [9.17, 15) is 9.59 Å². The Morgan fingerprint density at radius 3 is 2.65 bits per heavy atom. The Labute approximate surface area is 121 Å². The summed E-state index contributed by atoms with van der Waals surface area (Å²) in [6.45, 7) is 8.84. The molecule has 20 heavy (non-hydrogen) atoms. The molecule has 1 amide bonds. The predicted octanol–water partition coefficient (Wildman–Crippen LogP) is 3.02. The lowest BCUT2D eigenvalue weighted by Crippen LogP contribution is -2.36. The minimum absolute atomic E-state index is 0.0578. The maximum Gasteiger partial charge on any atom is 0.256 e. The highest BCUT2D eigenvalue weighted by molar-refractivity contribution is 5.93. The molecule has 0 saturated heterocycles. The Balaban J connectivity index is 2.56. The fraction of sp³-hybridized carbons (Fsp3) is 0.625. The topological polar surface area (TPSA) is 62.0 Å². The van der Waals surface area contributed by atoms with Gasteiger partial charge in [0.25, 0.3) is 5.91 Å². The van der Waals surface area contributed by atoms with Crippen molar-refractivity contribution in [1.29, 1.82) is 0 Å². The number of aromatic nitrogens is 1. The molecule has 112 valence electrons. The largest absolute Gasteiger partial charge is 0.364 e. The van der Waals surface area contributed by atoms with E-state index in [1.54, 1.807) is 6.92 Å². The first-order valence-electron chi connectivity index (χ1n) is 7.33. The number of carbonyl (C=O) groups excluding carboxylic acids is 1. The standard InChI is InChI=1S/C16H26N2O2/c1-5-6-7-8-16(3,4)11-18-15(20)13-10-17-12(2)9-14(13)19/h9-10H,5-8,11H2,1-4H3,(H,17,19)(H,18,20). The van der Waals surface area contributed by atoms with Crippen LogP contribution in [0.5, 0.6) is 0 Å². The van der Waals surface area contributed by atoms with Crippen molar-refractivity contribution in [1.82, 2.24) is 10.3 Å². The number of aromatic amines is 1. The molecule has 2 N–H and O–H groups in total. The van der Waals surface area contributed by atoms with Gasteiger partial charge in [-0.15, -0.1) is 0 Å². The Hall–Kier alpha value is -1.58. The normalized spacial score (nSPS) is 11.4. The summed E-state index contributed by atoms with van der Waals surface area (Å²) in [6.07, 6.45) is 6.14. The first-order valence-corrected chi connectivity index (χ1v) is 7.33. The highest BCUT2D eigenvalue weighted by Gasteiger charge is 2.19. The van der Waals surface area contributed by atoms with Gasteiger partial charge in [0, 0.05) is 24.5 Å². The van der Waals surface area contributed by atoms with Gasteiger partial charge in [-0.2, -0.15) is 0 Å². The van der Waals surface area contributed by atoms with Gasteiger partial charge in [0.1, 0.15) is 5.56 Å². The van der Waals surface area contributed by atoms with Crippen molar-refractivity contribution >= 4 is 5.91 Å². The molecule has 1 rings (SSSR count). The lowest BCUT2D eigenvalue weighted by atomic mass is 9.87. The lowest BCUT2D eigenvalue weighted by Gasteiger charge is -2.24. The number of pyridine rings is 1. The highest BCUT2D eigenvalue weighted by atomic mass is 16.2. The number of aryl methyl sites for hydroxylation is 1. The van der Waals surface area contributed by atoms with Gasteiger partial charge in [-0.1, -0.05) is 40.0 Å². The summed E-state index contributed by atoms with van der Waals surface area (Å²) >= 11 is 0. The molecule has 0 aliphatic carbocycles. The van der Waals surface area contributed by atoms with Gasteiger partial charge in [-0.3, -0.25) is 9.59 Å². The van der Waals surface area contributed by atoms with Crippen LogP contribution >= 0.6 is 0 Å². The lowest BCUT2D eigenvalue weighted by molar-refractivity contribution is 0.0932. The molecule has 0 spiro atoms. The molecule has 1 aromatic heterocycles. The summed E-state index contributed by atoms with van der Waals surface area (Å²) in [5.74, 6) is -0.296. The highest BCUT2D eigenvalue weighted by Crippen LogP contribution is 2.22. The zero-order chi connectivity index (χ0) is 15.2. The van der Waals surface area contributed by atoms with Crippen LogP contribution in [0.15, 0.2) is 17.1 Å². The van der Waals surface area contributed by atoms with E-state index in [0.717, 1.165) is 12.1 Å². The molecule has 1 aromatic rings. The number of nitrogens with one attached hydrogen (secondary N) is 2. The van der Waals surface area contributed by atoms with Gasteiger partial charge in [0.2, 0.25) is 0 Å². The van der Waals surface area contributed by atoms with Crippen LogP contribution in [0.3, 0.4) is 0 Å². The molecule has 0 aliphatic heterocycles. The van der Waals surface area contributed by atoms with E-state index in [2.05, 4.69) is 31.1 Å². The van der Waals surface area contributed by atoms with Gasteiger partial charge >= 0.3 is 0 Å². The van der Waals surface area contributed by atoms with Gasteiger partial charge in [-0.05, 0) is 18.8 Å². The minimum Gasteiger partial charge on any atom is -0.364 e. The number of hydrogen-bond donors (Lipinski definition) is 2. The van der Waals surface area contributed by atoms with Crippen molar-refractivity contribution in [3.63, 3.8) is 0 Å². The first-order chi connectivity index (χ1) is 9.35. The smallest absolute Gasteiger partial charge is 0.256 e. The summed E-state index contributed by atoms with van der Waals surface area (Å²) in [5.41, 5.74) is 0.761. The van der Waals surface area contributed by atoms with E-state index in [-0.39, 0.29) is 22.3 Å². The molecular formula is C16H26N2O2. The Morgan fingerprint density at radius 2 is 2.05 bits per heavy atom. The molecule has 4 nitrogen and oxygen atoms in total. The Kier molecular flexibility index (Phi) is 5.99. The van der Waals surface area contributed by atoms with Crippen LogP contribution in [0.2, 0.25) is 0 Å². The maximum absolute atomic E-state index is 12.0. The average molecular weight is 278 g/mol. The zero-order valence-corrected chi connectivity index (χ0v) is 13.0. The van der Waals surface area contributed by atoms with E-state index in [1.165, 1.54) is 31.5 Å². The van der Waals surface area contributed by atoms with Gasteiger partial charge in [0.05, 0.1) is 0 Å². The third-order valence-corrected chi connectivity index (χ3v) is 3.49. The number of H-pyrrole nitrogens is 1. The number of hydrogen-bond acceptors (Lipinski definition) is 2. The summed E-state index contributed by atoms with van der Waals surface area (Å²) in [6, 6.07) is 1.45. The fourth-order valence-electron chi connectivity index (χ4n) is 2.11. The zero-order valence-electron chi connectivity index (χ0n) is 13.0. The van der Waals surface area contributed by atoms with Crippen LogP contribution in [0.4, 0.5) is 0 Å². The number of carbonyl (C=O) groups is 1. The second-order valence-electron chi connectivity index (χ2n) is 6.20. The molecule has 0 fully saturated rings. The molecule has 0 atom stereocenters. The number of unbranched alkanes of at least 4 members (excludes halogenated alkanes) is 2. The van der Waals surface area contributed by atoms with Crippen molar-refractivity contribution in [2.24, 2.45) is 5.41 Å². The van der Waals surface area contributed by atoms with Crippen LogP contribution in [0.25, 0.3) is 0 Å². The summed E-state index contributed by atoms with van der Waals surface area (Å²) < 4.78 is 0. The van der Waals surface area contributed by atoms with E-state index in [1.807, 2.05) is 0 Å². The maximum atomic E-state index is 12.0. The second kappa shape index (κ2) is 7.27. The molecule has 1 heterocycles. The second-order valence-corrected chi connectivity index (χ2v) is 6.20. The van der Waals surface area contributed by atoms with E-state index >= 15 is 0 Å². The van der Waals surface area contributed by atoms with Gasteiger partial charge in [-0.25, -0.2) is 0 Å². The Bertz CT molecular complexity index is 503. The fourth-order valence-corrected chi connectivity index (χ4v) is 2.11. The quantitative estimate of drug-likeness (QED) is 0.753. The van der Waals surface area contributed by atoms with E-state index < -0.39 is 0 Å². The van der Waals surface area contributed by atoms with Crippen molar-refractivity contribution in [2.45, 2.75) is 53.4 Å². The van der Waals surface area contributed by atoms with E-state index in [4.69, 9.17) is 0 Å². The molecule has 0 aliphatic rings. The van der Waals surface area contributed by atoms with Crippen molar-refractivity contribution in [3.05, 3.63) is 33.7 Å². The Morgan fingerprint density at radius 1 is 1.35 bits per heavy atom. The van der Waals surface area contributed by atoms with Gasteiger partial charge in [0.15, 0.2) is 5.43 Å². The van der Waals surface area contributed by atoms with Crippen LogP contribution in [0, 0.1) is 12.3 Å². The molecule has 0 bridgehead atoms. The van der Waals surface area contributed by atoms with Gasteiger partial charge < -0.3 is 10.3 Å².